The van der Waals surface area contributed by atoms with Crippen molar-refractivity contribution in [1.29, 1.82) is 0 Å². The molecule has 1 aromatic heterocycles. The highest BCUT2D eigenvalue weighted by Crippen LogP contribution is 2.25. The number of hydrogen-bond donors (Lipinski definition) is 0. The first kappa shape index (κ1) is 14.3. The molecule has 0 unspecified atom stereocenters. The lowest BCUT2D eigenvalue weighted by Crippen LogP contribution is -2.47. The summed E-state index contributed by atoms with van der Waals surface area (Å²) in [5.41, 5.74) is 0.773. The molecule has 1 fully saturated rings. The zero-order valence-corrected chi connectivity index (χ0v) is 12.7. The topological polar surface area (TPSA) is 53.8 Å². The Labute approximate surface area is 124 Å². The summed E-state index contributed by atoms with van der Waals surface area (Å²) in [4.78, 5) is 2.45. The summed E-state index contributed by atoms with van der Waals surface area (Å²) >= 11 is 0. The maximum Gasteiger partial charge on any atom is 0.243 e. The Morgan fingerprint density at radius 1 is 1.05 bits per heavy atom. The number of furan rings is 1. The molecule has 2 aromatic rings. The van der Waals surface area contributed by atoms with Gasteiger partial charge in [0.25, 0.3) is 0 Å². The third kappa shape index (κ3) is 2.88. The van der Waals surface area contributed by atoms with Crippen molar-refractivity contribution in [3.63, 3.8) is 0 Å². The fraction of sp³-hybridized carbons (Fsp3) is 0.333. The first-order valence-corrected chi connectivity index (χ1v) is 8.34. The highest BCUT2D eigenvalue weighted by Gasteiger charge is 2.27. The number of piperazine rings is 1. The summed E-state index contributed by atoms with van der Waals surface area (Å²) in [5, 5.41) is 0. The quantitative estimate of drug-likeness (QED) is 0.869. The smallest absolute Gasteiger partial charge is 0.243 e. The highest BCUT2D eigenvalue weighted by atomic mass is 32.2. The molecule has 0 atom stereocenters. The van der Waals surface area contributed by atoms with Crippen LogP contribution in [0, 0.1) is 0 Å². The Balaban J connectivity index is 1.91. The molecule has 0 spiro atoms. The molecular formula is C15H18N2O3S. The van der Waals surface area contributed by atoms with Gasteiger partial charge in [0.2, 0.25) is 10.0 Å². The minimum Gasteiger partial charge on any atom is -0.464 e. The van der Waals surface area contributed by atoms with Gasteiger partial charge in [-0.25, -0.2) is 8.42 Å². The maximum absolute atomic E-state index is 12.7. The van der Waals surface area contributed by atoms with Crippen LogP contribution in [0.3, 0.4) is 0 Å². The molecule has 1 aliphatic rings. The molecule has 1 aliphatic heterocycles. The summed E-state index contributed by atoms with van der Waals surface area (Å²) in [6.45, 7) is 2.59. The average molecular weight is 306 g/mol. The Kier molecular flexibility index (Phi) is 3.84. The molecule has 0 amide bonds. The van der Waals surface area contributed by atoms with Crippen LogP contribution in [0.15, 0.2) is 52.0 Å². The SMILES string of the molecule is CN1CCN(S(=O)(=O)c2cccc(-c3ccco3)c2)CC1. The van der Waals surface area contributed by atoms with Crippen LogP contribution in [0.2, 0.25) is 0 Å². The average Bonchev–Trinajstić information content (AvgIpc) is 3.02. The second-order valence-corrected chi connectivity index (χ2v) is 7.15. The van der Waals surface area contributed by atoms with Crippen LogP contribution < -0.4 is 0 Å². The predicted molar refractivity (Wildman–Crippen MR) is 80.4 cm³/mol. The minimum absolute atomic E-state index is 0.320. The third-order valence-corrected chi connectivity index (χ3v) is 5.63. The summed E-state index contributed by atoms with van der Waals surface area (Å²) < 4.78 is 32.3. The number of nitrogens with zero attached hydrogens (tertiary/aromatic N) is 2. The van der Waals surface area contributed by atoms with Crippen LogP contribution >= 0.6 is 0 Å². The van der Waals surface area contributed by atoms with Crippen LogP contribution in [0.1, 0.15) is 0 Å². The third-order valence-electron chi connectivity index (χ3n) is 3.74. The first-order valence-electron chi connectivity index (χ1n) is 6.90. The van der Waals surface area contributed by atoms with Gasteiger partial charge in [-0.2, -0.15) is 4.31 Å². The van der Waals surface area contributed by atoms with Crippen LogP contribution in [0.25, 0.3) is 11.3 Å². The Hall–Kier alpha value is -1.63. The lowest BCUT2D eigenvalue weighted by atomic mass is 10.2. The van der Waals surface area contributed by atoms with E-state index in [1.807, 2.05) is 19.2 Å². The van der Waals surface area contributed by atoms with Gasteiger partial charge >= 0.3 is 0 Å². The summed E-state index contributed by atoms with van der Waals surface area (Å²) in [6.07, 6.45) is 1.58. The summed E-state index contributed by atoms with van der Waals surface area (Å²) in [5.74, 6) is 0.672. The molecule has 0 aliphatic carbocycles. The number of hydrogen-bond acceptors (Lipinski definition) is 4. The molecule has 0 radical (unpaired) electrons. The molecule has 2 heterocycles. The van der Waals surface area contributed by atoms with Crippen molar-refractivity contribution >= 4 is 10.0 Å². The molecule has 1 saturated heterocycles. The fourth-order valence-corrected chi connectivity index (χ4v) is 3.90. The Morgan fingerprint density at radius 3 is 2.48 bits per heavy atom. The lowest BCUT2D eigenvalue weighted by molar-refractivity contribution is 0.222. The van der Waals surface area contributed by atoms with E-state index in [4.69, 9.17) is 4.42 Å². The van der Waals surface area contributed by atoms with Gasteiger partial charge in [-0.05, 0) is 31.3 Å². The van der Waals surface area contributed by atoms with Crippen LogP contribution in [-0.4, -0.2) is 50.8 Å². The van der Waals surface area contributed by atoms with Crippen molar-refractivity contribution < 1.29 is 12.8 Å². The number of benzene rings is 1. The van der Waals surface area contributed by atoms with E-state index in [2.05, 4.69) is 4.90 Å². The standard InChI is InChI=1S/C15H18N2O3S/c1-16-7-9-17(10-8-16)21(18,19)14-5-2-4-13(12-14)15-6-3-11-20-15/h2-6,11-12H,7-10H2,1H3. The zero-order valence-electron chi connectivity index (χ0n) is 11.9. The molecule has 5 nitrogen and oxygen atoms in total. The van der Waals surface area contributed by atoms with E-state index >= 15 is 0 Å². The van der Waals surface area contributed by atoms with Crippen molar-refractivity contribution in [2.45, 2.75) is 4.90 Å². The first-order chi connectivity index (χ1) is 10.1. The molecule has 0 N–H and O–H groups in total. The van der Waals surface area contributed by atoms with E-state index in [9.17, 15) is 8.42 Å². The molecular weight excluding hydrogens is 288 g/mol. The predicted octanol–water partition coefficient (Wildman–Crippen LogP) is 1.88. The second-order valence-electron chi connectivity index (χ2n) is 5.21. The molecule has 1 aromatic carbocycles. The lowest BCUT2D eigenvalue weighted by Gasteiger charge is -2.31. The maximum atomic E-state index is 12.7. The Bertz CT molecular complexity index is 702. The van der Waals surface area contributed by atoms with Crippen molar-refractivity contribution in [2.24, 2.45) is 0 Å². The molecule has 0 saturated carbocycles. The van der Waals surface area contributed by atoms with Crippen molar-refractivity contribution in [1.82, 2.24) is 9.21 Å². The summed E-state index contributed by atoms with van der Waals surface area (Å²) in [7, 11) is -1.43. The van der Waals surface area contributed by atoms with Gasteiger partial charge in [-0.1, -0.05) is 12.1 Å². The van der Waals surface area contributed by atoms with Gasteiger partial charge in [0.05, 0.1) is 11.2 Å². The number of likely N-dealkylation sites (N-methyl/N-ethyl adjacent to an activating group) is 1. The molecule has 3 rings (SSSR count). The molecule has 0 bridgehead atoms. The number of sulfonamides is 1. The normalized spacial score (nSPS) is 18.0. The fourth-order valence-electron chi connectivity index (χ4n) is 2.43. The zero-order chi connectivity index (χ0) is 14.9. The highest BCUT2D eigenvalue weighted by molar-refractivity contribution is 7.89. The van der Waals surface area contributed by atoms with Crippen molar-refractivity contribution in [3.05, 3.63) is 42.7 Å². The largest absolute Gasteiger partial charge is 0.464 e. The van der Waals surface area contributed by atoms with E-state index in [1.54, 1.807) is 34.8 Å². The van der Waals surface area contributed by atoms with Gasteiger partial charge in [0, 0.05) is 31.7 Å². The van der Waals surface area contributed by atoms with Crippen LogP contribution in [-0.2, 0) is 10.0 Å². The second kappa shape index (κ2) is 5.63. The molecule has 112 valence electrons. The van der Waals surface area contributed by atoms with E-state index < -0.39 is 10.0 Å². The van der Waals surface area contributed by atoms with Gasteiger partial charge in [-0.15, -0.1) is 0 Å². The monoisotopic (exact) mass is 306 g/mol. The van der Waals surface area contributed by atoms with E-state index in [0.29, 0.717) is 23.7 Å². The van der Waals surface area contributed by atoms with E-state index in [0.717, 1.165) is 18.7 Å². The van der Waals surface area contributed by atoms with Crippen LogP contribution in [0.4, 0.5) is 0 Å². The summed E-state index contributed by atoms with van der Waals surface area (Å²) in [6, 6.07) is 10.5. The Morgan fingerprint density at radius 2 is 1.81 bits per heavy atom. The van der Waals surface area contributed by atoms with Gasteiger partial charge in [-0.3, -0.25) is 0 Å². The van der Waals surface area contributed by atoms with Gasteiger partial charge in [0.1, 0.15) is 5.76 Å². The van der Waals surface area contributed by atoms with E-state index in [-0.39, 0.29) is 0 Å². The van der Waals surface area contributed by atoms with Crippen LogP contribution in [0.5, 0.6) is 0 Å². The number of rotatable bonds is 3. The van der Waals surface area contributed by atoms with Gasteiger partial charge < -0.3 is 9.32 Å². The van der Waals surface area contributed by atoms with Crippen molar-refractivity contribution in [3.8, 4) is 11.3 Å². The van der Waals surface area contributed by atoms with E-state index in [1.165, 1.54) is 0 Å². The minimum atomic E-state index is -3.43. The van der Waals surface area contributed by atoms with Crippen molar-refractivity contribution in [2.75, 3.05) is 33.2 Å². The van der Waals surface area contributed by atoms with Gasteiger partial charge in [0.15, 0.2) is 0 Å². The molecule has 6 heteroatoms. The molecule has 21 heavy (non-hydrogen) atoms.